The van der Waals surface area contributed by atoms with E-state index in [-0.39, 0.29) is 11.7 Å². The molecule has 4 aliphatic rings. The summed E-state index contributed by atoms with van der Waals surface area (Å²) >= 11 is 8.81. The number of hydrogen-bond donors (Lipinski definition) is 1. The van der Waals surface area contributed by atoms with Gasteiger partial charge in [-0.3, -0.25) is 4.79 Å². The number of carbonyl (C=O) groups excluding carboxylic acids is 1. The zero-order valence-electron chi connectivity index (χ0n) is 19.2. The number of halogens is 1. The highest BCUT2D eigenvalue weighted by atomic mass is 35.5. The van der Waals surface area contributed by atoms with Crippen LogP contribution in [-0.4, -0.2) is 31.4 Å². The molecule has 1 N–H and O–H groups in total. The van der Waals surface area contributed by atoms with Gasteiger partial charge in [0.25, 0.3) is 0 Å². The van der Waals surface area contributed by atoms with Crippen molar-refractivity contribution in [1.82, 2.24) is 19.7 Å². The first-order valence-corrected chi connectivity index (χ1v) is 14.2. The summed E-state index contributed by atoms with van der Waals surface area (Å²) < 4.78 is 2.10. The first-order chi connectivity index (χ1) is 16.4. The molecule has 34 heavy (non-hydrogen) atoms. The molecule has 0 spiro atoms. The molecule has 1 aromatic carbocycles. The normalized spacial score (nSPS) is 27.3. The van der Waals surface area contributed by atoms with Crippen LogP contribution in [0.3, 0.4) is 0 Å². The fourth-order valence-electron chi connectivity index (χ4n) is 6.84. The second-order valence-electron chi connectivity index (χ2n) is 10.4. The van der Waals surface area contributed by atoms with E-state index in [1.165, 1.54) is 61.6 Å². The van der Waals surface area contributed by atoms with Crippen LogP contribution in [0.4, 0.5) is 5.13 Å². The molecule has 0 atom stereocenters. The van der Waals surface area contributed by atoms with Crippen LogP contribution in [0.2, 0.25) is 5.02 Å². The number of thioether (sulfide) groups is 1. The topological polar surface area (TPSA) is 72.7 Å². The zero-order valence-corrected chi connectivity index (χ0v) is 21.6. The Morgan fingerprint density at radius 1 is 1.15 bits per heavy atom. The summed E-state index contributed by atoms with van der Waals surface area (Å²) in [6.45, 7) is 0. The maximum Gasteiger partial charge on any atom is 0.236 e. The molecule has 0 aliphatic heterocycles. The number of hydrogen-bond acceptors (Lipinski definition) is 6. The smallest absolute Gasteiger partial charge is 0.236 e. The summed E-state index contributed by atoms with van der Waals surface area (Å²) in [6.07, 6.45) is 9.48. The molecule has 0 unspecified atom stereocenters. The van der Waals surface area contributed by atoms with E-state index >= 15 is 0 Å². The lowest BCUT2D eigenvalue weighted by atomic mass is 9.49. The summed E-state index contributed by atoms with van der Waals surface area (Å²) in [4.78, 5) is 17.1. The molecule has 0 radical (unpaired) electrons. The van der Waals surface area contributed by atoms with Crippen molar-refractivity contribution in [2.45, 2.75) is 50.1 Å². The van der Waals surface area contributed by atoms with E-state index in [2.05, 4.69) is 25.1 Å². The Morgan fingerprint density at radius 3 is 2.50 bits per heavy atom. The molecule has 3 aromatic rings. The Balaban J connectivity index is 1.05. The fourth-order valence-corrected chi connectivity index (χ4v) is 8.43. The predicted molar refractivity (Wildman–Crippen MR) is 137 cm³/mol. The van der Waals surface area contributed by atoms with Crippen molar-refractivity contribution in [3.8, 4) is 11.3 Å². The third-order valence-corrected chi connectivity index (χ3v) is 9.88. The minimum absolute atomic E-state index is 0.0901. The third kappa shape index (κ3) is 4.52. The van der Waals surface area contributed by atoms with Gasteiger partial charge in [0, 0.05) is 29.4 Å². The lowest BCUT2D eigenvalue weighted by Crippen LogP contribution is -2.47. The van der Waals surface area contributed by atoms with Gasteiger partial charge >= 0.3 is 0 Å². The van der Waals surface area contributed by atoms with Crippen molar-refractivity contribution in [3.63, 3.8) is 0 Å². The highest BCUT2D eigenvalue weighted by molar-refractivity contribution is 7.99. The zero-order chi connectivity index (χ0) is 23.3. The van der Waals surface area contributed by atoms with Crippen molar-refractivity contribution in [2.24, 2.45) is 30.2 Å². The highest BCUT2D eigenvalue weighted by Gasteiger charge is 2.51. The van der Waals surface area contributed by atoms with Crippen molar-refractivity contribution >= 4 is 45.7 Å². The van der Waals surface area contributed by atoms with E-state index < -0.39 is 0 Å². The van der Waals surface area contributed by atoms with Gasteiger partial charge in [-0.15, -0.1) is 21.5 Å². The Morgan fingerprint density at radius 2 is 1.82 bits per heavy atom. The number of amides is 1. The first kappa shape index (κ1) is 22.6. The molecule has 9 heteroatoms. The fraction of sp³-hybridized carbons (Fsp3) is 0.520. The number of rotatable bonds is 7. The Labute approximate surface area is 212 Å². The maximum absolute atomic E-state index is 12.6. The molecule has 4 saturated carbocycles. The van der Waals surface area contributed by atoms with Gasteiger partial charge in [0.1, 0.15) is 5.82 Å². The molecule has 2 heterocycles. The maximum atomic E-state index is 12.6. The van der Waals surface area contributed by atoms with Crippen molar-refractivity contribution in [2.75, 3.05) is 11.1 Å². The van der Waals surface area contributed by atoms with Crippen LogP contribution in [0.1, 0.15) is 44.3 Å². The SMILES string of the molecule is Cn1c(CC23CC4CC(CC(C4)C2)C3)nnc1SCC(=O)Nc1nc(-c2ccc(Cl)cc2)cs1. The van der Waals surface area contributed by atoms with Crippen LogP contribution in [-0.2, 0) is 18.3 Å². The van der Waals surface area contributed by atoms with E-state index in [9.17, 15) is 4.79 Å². The van der Waals surface area contributed by atoms with Gasteiger partial charge in [-0.25, -0.2) is 4.98 Å². The average Bonchev–Trinajstić information content (AvgIpc) is 3.39. The number of nitrogens with one attached hydrogen (secondary N) is 1. The van der Waals surface area contributed by atoms with Crippen LogP contribution in [0, 0.1) is 23.2 Å². The number of carbonyl (C=O) groups is 1. The minimum Gasteiger partial charge on any atom is -0.309 e. The summed E-state index contributed by atoms with van der Waals surface area (Å²) in [7, 11) is 2.04. The summed E-state index contributed by atoms with van der Waals surface area (Å²) in [5, 5.41) is 15.9. The van der Waals surface area contributed by atoms with Crippen LogP contribution < -0.4 is 5.32 Å². The van der Waals surface area contributed by atoms with Crippen LogP contribution in [0.5, 0.6) is 0 Å². The minimum atomic E-state index is -0.0901. The van der Waals surface area contributed by atoms with Crippen molar-refractivity contribution in [3.05, 3.63) is 40.5 Å². The van der Waals surface area contributed by atoms with Gasteiger partial charge in [0.2, 0.25) is 5.91 Å². The van der Waals surface area contributed by atoms with Gasteiger partial charge in [0.15, 0.2) is 10.3 Å². The summed E-state index contributed by atoms with van der Waals surface area (Å²) in [6, 6.07) is 7.52. The lowest BCUT2D eigenvalue weighted by molar-refractivity contribution is -0.113. The van der Waals surface area contributed by atoms with Gasteiger partial charge < -0.3 is 9.88 Å². The van der Waals surface area contributed by atoms with Crippen molar-refractivity contribution < 1.29 is 4.79 Å². The number of anilines is 1. The van der Waals surface area contributed by atoms with Gasteiger partial charge in [-0.2, -0.15) is 0 Å². The molecular formula is C25H28ClN5OS2. The monoisotopic (exact) mass is 513 g/mol. The number of thiazole rings is 1. The largest absolute Gasteiger partial charge is 0.309 e. The van der Waals surface area contributed by atoms with Gasteiger partial charge in [-0.05, 0) is 73.8 Å². The van der Waals surface area contributed by atoms with E-state index in [1.54, 1.807) is 0 Å². The average molecular weight is 514 g/mol. The van der Waals surface area contributed by atoms with Crippen LogP contribution >= 0.6 is 34.7 Å². The quantitative estimate of drug-likeness (QED) is 0.387. The second-order valence-corrected chi connectivity index (χ2v) is 12.7. The van der Waals surface area contributed by atoms with Gasteiger partial charge in [-0.1, -0.05) is 35.5 Å². The molecule has 6 nitrogen and oxygen atoms in total. The van der Waals surface area contributed by atoms with E-state index in [0.29, 0.717) is 15.6 Å². The lowest BCUT2D eigenvalue weighted by Gasteiger charge is -2.56. The van der Waals surface area contributed by atoms with Crippen LogP contribution in [0.25, 0.3) is 11.3 Å². The highest BCUT2D eigenvalue weighted by Crippen LogP contribution is 2.61. The summed E-state index contributed by atoms with van der Waals surface area (Å²) in [5.41, 5.74) is 2.23. The molecule has 2 aromatic heterocycles. The Kier molecular flexibility index (Phi) is 5.94. The standard InChI is InChI=1S/C25H28ClN5OS2/c1-31-21(12-25-9-15-6-16(10-25)8-17(7-15)11-25)29-30-24(31)34-14-22(32)28-23-27-20(13-33-23)18-2-4-19(26)5-3-18/h2-5,13,15-17H,6-12,14H2,1H3,(H,27,28,32). The van der Waals surface area contributed by atoms with Gasteiger partial charge in [0.05, 0.1) is 11.4 Å². The number of benzene rings is 1. The first-order valence-electron chi connectivity index (χ1n) is 12.0. The Hall–Kier alpha value is -1.90. The molecule has 4 bridgehead atoms. The third-order valence-electron chi connectivity index (χ3n) is 7.85. The second kappa shape index (κ2) is 8.95. The number of nitrogens with zero attached hydrogens (tertiary/aromatic N) is 4. The van der Waals surface area contributed by atoms with Crippen LogP contribution in [0.15, 0.2) is 34.8 Å². The van der Waals surface area contributed by atoms with Crippen molar-refractivity contribution in [1.29, 1.82) is 0 Å². The summed E-state index contributed by atoms with van der Waals surface area (Å²) in [5.74, 6) is 4.05. The molecular weight excluding hydrogens is 486 g/mol. The molecule has 4 aliphatic carbocycles. The predicted octanol–water partition coefficient (Wildman–Crippen LogP) is 6.08. The van der Waals surface area contributed by atoms with E-state index in [0.717, 1.165) is 46.4 Å². The molecule has 1 amide bonds. The molecule has 0 saturated heterocycles. The molecule has 4 fully saturated rings. The van der Waals surface area contributed by atoms with E-state index in [4.69, 9.17) is 11.6 Å². The molecule has 7 rings (SSSR count). The van der Waals surface area contributed by atoms with E-state index in [1.807, 2.05) is 36.7 Å². The molecule has 178 valence electrons. The number of aromatic nitrogens is 4. The Bertz CT molecular complexity index is 1170.